The van der Waals surface area contributed by atoms with Crippen LogP contribution in [0.2, 0.25) is 5.02 Å². The summed E-state index contributed by atoms with van der Waals surface area (Å²) < 4.78 is 0. The summed E-state index contributed by atoms with van der Waals surface area (Å²) in [5.74, 6) is 0. The Morgan fingerprint density at radius 2 is 1.89 bits per heavy atom. The van der Waals surface area contributed by atoms with Crippen LogP contribution in [0.5, 0.6) is 0 Å². The van der Waals surface area contributed by atoms with E-state index in [1.54, 1.807) is 11.8 Å². The largest absolute Gasteiger partial charge is 0.313 e. The molecule has 100 valence electrons. The smallest absolute Gasteiger partial charge is 0.0417 e. The summed E-state index contributed by atoms with van der Waals surface area (Å²) in [5.41, 5.74) is 1.30. The van der Waals surface area contributed by atoms with Gasteiger partial charge in [0.1, 0.15) is 0 Å². The van der Waals surface area contributed by atoms with Crippen LogP contribution in [0.3, 0.4) is 0 Å². The van der Waals surface area contributed by atoms with Crippen molar-refractivity contribution in [2.24, 2.45) is 0 Å². The molecule has 2 aromatic carbocycles. The van der Waals surface area contributed by atoms with Crippen molar-refractivity contribution in [3.05, 3.63) is 59.1 Å². The Hall–Kier alpha value is -0.960. The van der Waals surface area contributed by atoms with Crippen molar-refractivity contribution in [1.82, 2.24) is 5.32 Å². The van der Waals surface area contributed by atoms with Crippen molar-refractivity contribution < 1.29 is 0 Å². The summed E-state index contributed by atoms with van der Waals surface area (Å²) in [6.07, 6.45) is 1.15. The summed E-state index contributed by atoms with van der Waals surface area (Å²) >= 11 is 7.87. The van der Waals surface area contributed by atoms with Crippen LogP contribution >= 0.6 is 23.4 Å². The minimum absolute atomic E-state index is 0.790. The Kier molecular flexibility index (Phi) is 5.77. The Morgan fingerprint density at radius 3 is 2.63 bits per heavy atom. The van der Waals surface area contributed by atoms with Gasteiger partial charge < -0.3 is 5.32 Å². The van der Waals surface area contributed by atoms with Crippen molar-refractivity contribution in [3.63, 3.8) is 0 Å². The number of rotatable bonds is 6. The summed E-state index contributed by atoms with van der Waals surface area (Å²) in [7, 11) is 0. The molecule has 0 aliphatic carbocycles. The van der Waals surface area contributed by atoms with Gasteiger partial charge in [-0.15, -0.1) is 0 Å². The lowest BCUT2D eigenvalue weighted by molar-refractivity contribution is 0.669. The number of benzene rings is 2. The van der Waals surface area contributed by atoms with Crippen LogP contribution in [0.1, 0.15) is 18.9 Å². The Balaban J connectivity index is 2.15. The Morgan fingerprint density at radius 1 is 1.11 bits per heavy atom. The van der Waals surface area contributed by atoms with Gasteiger partial charge in [-0.3, -0.25) is 0 Å². The first kappa shape index (κ1) is 14.4. The fraction of sp³-hybridized carbons (Fsp3) is 0.250. The number of hydrogen-bond acceptors (Lipinski definition) is 2. The minimum Gasteiger partial charge on any atom is -0.313 e. The van der Waals surface area contributed by atoms with Crippen molar-refractivity contribution in [2.45, 2.75) is 29.7 Å². The average Bonchev–Trinajstić information content (AvgIpc) is 2.43. The monoisotopic (exact) mass is 291 g/mol. The molecule has 0 saturated carbocycles. The van der Waals surface area contributed by atoms with E-state index in [1.165, 1.54) is 15.4 Å². The van der Waals surface area contributed by atoms with E-state index in [-0.39, 0.29) is 0 Å². The highest BCUT2D eigenvalue weighted by molar-refractivity contribution is 7.99. The van der Waals surface area contributed by atoms with E-state index < -0.39 is 0 Å². The van der Waals surface area contributed by atoms with E-state index >= 15 is 0 Å². The summed E-state index contributed by atoms with van der Waals surface area (Å²) in [4.78, 5) is 2.46. The molecule has 2 aromatic rings. The van der Waals surface area contributed by atoms with Crippen molar-refractivity contribution in [3.8, 4) is 0 Å². The molecule has 0 unspecified atom stereocenters. The third kappa shape index (κ3) is 4.57. The first-order valence-electron chi connectivity index (χ1n) is 6.51. The predicted octanol–water partition coefficient (Wildman–Crippen LogP) is 4.99. The van der Waals surface area contributed by atoms with E-state index in [0.29, 0.717) is 0 Å². The van der Waals surface area contributed by atoms with Gasteiger partial charge in [-0.05, 0) is 42.8 Å². The fourth-order valence-electron chi connectivity index (χ4n) is 1.78. The van der Waals surface area contributed by atoms with Crippen molar-refractivity contribution in [1.29, 1.82) is 0 Å². The number of hydrogen-bond donors (Lipinski definition) is 1. The van der Waals surface area contributed by atoms with Gasteiger partial charge >= 0.3 is 0 Å². The molecule has 1 nitrogen and oxygen atoms in total. The lowest BCUT2D eigenvalue weighted by atomic mass is 10.2. The van der Waals surface area contributed by atoms with Gasteiger partial charge in [0.25, 0.3) is 0 Å². The molecule has 0 aliphatic rings. The molecule has 19 heavy (non-hydrogen) atoms. The summed E-state index contributed by atoms with van der Waals surface area (Å²) in [6.45, 7) is 4.10. The second-order valence-corrected chi connectivity index (χ2v) is 5.90. The molecule has 0 aliphatic heterocycles. The Bertz CT molecular complexity index is 513. The van der Waals surface area contributed by atoms with Gasteiger partial charge in [-0.2, -0.15) is 0 Å². The number of nitrogens with one attached hydrogen (secondary N) is 1. The second kappa shape index (κ2) is 7.59. The molecule has 0 fully saturated rings. The van der Waals surface area contributed by atoms with E-state index in [9.17, 15) is 0 Å². The van der Waals surface area contributed by atoms with Crippen LogP contribution < -0.4 is 5.32 Å². The van der Waals surface area contributed by atoms with E-state index in [0.717, 1.165) is 24.5 Å². The normalized spacial score (nSPS) is 10.6. The van der Waals surface area contributed by atoms with Crippen LogP contribution in [0.4, 0.5) is 0 Å². The molecule has 0 heterocycles. The predicted molar refractivity (Wildman–Crippen MR) is 84.0 cm³/mol. The lowest BCUT2D eigenvalue weighted by Gasteiger charge is -2.10. The summed E-state index contributed by atoms with van der Waals surface area (Å²) in [6, 6.07) is 16.5. The highest BCUT2D eigenvalue weighted by atomic mass is 35.5. The van der Waals surface area contributed by atoms with Crippen LogP contribution in [0, 0.1) is 0 Å². The zero-order valence-corrected chi connectivity index (χ0v) is 12.6. The highest BCUT2D eigenvalue weighted by Gasteiger charge is 2.05. The molecule has 0 spiro atoms. The lowest BCUT2D eigenvalue weighted by Crippen LogP contribution is -2.14. The molecule has 0 atom stereocenters. The van der Waals surface area contributed by atoms with Gasteiger partial charge in [0.2, 0.25) is 0 Å². The fourth-order valence-corrected chi connectivity index (χ4v) is 3.03. The first-order valence-corrected chi connectivity index (χ1v) is 7.71. The molecule has 0 saturated heterocycles. The van der Waals surface area contributed by atoms with Gasteiger partial charge in [-0.25, -0.2) is 0 Å². The zero-order valence-electron chi connectivity index (χ0n) is 11.0. The van der Waals surface area contributed by atoms with Crippen LogP contribution in [-0.4, -0.2) is 6.54 Å². The van der Waals surface area contributed by atoms with E-state index in [1.807, 2.05) is 18.2 Å². The van der Waals surface area contributed by atoms with Crippen LogP contribution in [0.25, 0.3) is 0 Å². The van der Waals surface area contributed by atoms with Gasteiger partial charge in [0.05, 0.1) is 0 Å². The maximum atomic E-state index is 6.11. The van der Waals surface area contributed by atoms with E-state index in [4.69, 9.17) is 11.6 Å². The highest BCUT2D eigenvalue weighted by Crippen LogP contribution is 2.32. The SMILES string of the molecule is CCCNCc1ccc(Cl)cc1Sc1ccccc1. The molecule has 0 aromatic heterocycles. The topological polar surface area (TPSA) is 12.0 Å². The molecule has 1 N–H and O–H groups in total. The average molecular weight is 292 g/mol. The summed E-state index contributed by atoms with van der Waals surface area (Å²) in [5, 5.41) is 4.23. The minimum atomic E-state index is 0.790. The molecule has 3 heteroatoms. The Labute approximate surface area is 124 Å². The quantitative estimate of drug-likeness (QED) is 0.753. The van der Waals surface area contributed by atoms with Crippen molar-refractivity contribution in [2.75, 3.05) is 6.54 Å². The molecular weight excluding hydrogens is 274 g/mol. The van der Waals surface area contributed by atoms with E-state index in [2.05, 4.69) is 42.6 Å². The molecule has 2 rings (SSSR count). The molecule has 0 radical (unpaired) electrons. The van der Waals surface area contributed by atoms with Crippen LogP contribution in [0.15, 0.2) is 58.3 Å². The standard InChI is InChI=1S/C16H18ClNS/c1-2-10-18-12-13-8-9-14(17)11-16(13)19-15-6-4-3-5-7-15/h3-9,11,18H,2,10,12H2,1H3. The third-order valence-corrected chi connectivity index (χ3v) is 4.09. The zero-order chi connectivity index (χ0) is 13.5. The third-order valence-electron chi connectivity index (χ3n) is 2.74. The second-order valence-electron chi connectivity index (χ2n) is 4.34. The van der Waals surface area contributed by atoms with Gasteiger partial charge in [0.15, 0.2) is 0 Å². The maximum absolute atomic E-state index is 6.11. The molecular formula is C16H18ClNS. The van der Waals surface area contributed by atoms with Crippen molar-refractivity contribution >= 4 is 23.4 Å². The number of halogens is 1. The van der Waals surface area contributed by atoms with Gasteiger partial charge in [-0.1, -0.05) is 54.6 Å². The molecule has 0 bridgehead atoms. The first-order chi connectivity index (χ1) is 9.29. The maximum Gasteiger partial charge on any atom is 0.0417 e. The van der Waals surface area contributed by atoms with Crippen LogP contribution in [-0.2, 0) is 6.54 Å². The van der Waals surface area contributed by atoms with Gasteiger partial charge in [0, 0.05) is 21.4 Å². The molecule has 0 amide bonds.